The fourth-order valence-corrected chi connectivity index (χ4v) is 5.07. The second kappa shape index (κ2) is 11.5. The number of aliphatic carboxylic acids is 1. The number of hydrogen-bond donors (Lipinski definition) is 1. The molecule has 0 bridgehead atoms. The van der Waals surface area contributed by atoms with Gasteiger partial charge >= 0.3 is 11.9 Å². The number of carboxylic acids is 1. The number of carbonyl (C=O) groups excluding carboxylic acids is 2. The number of benzene rings is 2. The Bertz CT molecular complexity index is 979. The quantitative estimate of drug-likeness (QED) is 0.384. The number of carbonyl (C=O) groups is 3. The zero-order chi connectivity index (χ0) is 24.8. The summed E-state index contributed by atoms with van der Waals surface area (Å²) >= 11 is 0. The predicted molar refractivity (Wildman–Crippen MR) is 132 cm³/mol. The average Bonchev–Trinajstić information content (AvgIpc) is 3.13. The van der Waals surface area contributed by atoms with Gasteiger partial charge in [-0.3, -0.25) is 14.4 Å². The Morgan fingerprint density at radius 1 is 0.882 bits per heavy atom. The molecule has 1 N–H and O–H groups in total. The summed E-state index contributed by atoms with van der Waals surface area (Å²) in [4.78, 5) is 36.6. The van der Waals surface area contributed by atoms with Crippen LogP contribution in [0.15, 0.2) is 48.5 Å². The average molecular weight is 465 g/mol. The van der Waals surface area contributed by atoms with Gasteiger partial charge in [0.05, 0.1) is 5.92 Å². The first kappa shape index (κ1) is 25.7. The van der Waals surface area contributed by atoms with Gasteiger partial charge in [-0.15, -0.1) is 0 Å². The van der Waals surface area contributed by atoms with Gasteiger partial charge in [0.1, 0.15) is 12.4 Å². The van der Waals surface area contributed by atoms with Gasteiger partial charge in [0.2, 0.25) is 0 Å². The van der Waals surface area contributed by atoms with Crippen molar-refractivity contribution < 1.29 is 24.2 Å². The van der Waals surface area contributed by atoms with Crippen LogP contribution < -0.4 is 0 Å². The van der Waals surface area contributed by atoms with Crippen molar-refractivity contribution in [3.05, 3.63) is 59.7 Å². The first-order valence-electron chi connectivity index (χ1n) is 12.3. The fourth-order valence-electron chi connectivity index (χ4n) is 5.07. The Hall–Kier alpha value is -2.95. The molecule has 0 radical (unpaired) electrons. The second-order valence-electron chi connectivity index (χ2n) is 9.93. The van der Waals surface area contributed by atoms with Gasteiger partial charge in [-0.1, -0.05) is 76.2 Å². The Morgan fingerprint density at radius 2 is 1.44 bits per heavy atom. The number of Topliss-reactive ketones (excluding diaryl/α,β-unsaturated/α-hetero) is 1. The molecule has 1 aliphatic carbocycles. The second-order valence-corrected chi connectivity index (χ2v) is 9.93. The molecular formula is C29H36O5. The van der Waals surface area contributed by atoms with Gasteiger partial charge in [0, 0.05) is 24.2 Å². The molecule has 2 aromatic carbocycles. The Labute approximate surface area is 202 Å². The van der Waals surface area contributed by atoms with E-state index in [-0.39, 0.29) is 41.8 Å². The van der Waals surface area contributed by atoms with Crippen molar-refractivity contribution in [2.75, 3.05) is 6.61 Å². The molecule has 0 saturated carbocycles. The largest absolute Gasteiger partial charge is 0.481 e. The molecule has 0 amide bonds. The SMILES string of the molecule is CC(C[C@@H](C)C(=O)O)C(=O)[C@@H](CCCC(=O)OCC1c2ccccc2-c2ccccc21)C(C)C. The number of rotatable bonds is 12. The molecule has 0 aliphatic heterocycles. The minimum absolute atomic E-state index is 0.0402. The van der Waals surface area contributed by atoms with E-state index in [1.54, 1.807) is 6.92 Å². The van der Waals surface area contributed by atoms with Crippen LogP contribution in [-0.2, 0) is 19.1 Å². The van der Waals surface area contributed by atoms with E-state index in [1.807, 2.05) is 45.0 Å². The van der Waals surface area contributed by atoms with Crippen LogP contribution >= 0.6 is 0 Å². The molecule has 5 heteroatoms. The van der Waals surface area contributed by atoms with Crippen molar-refractivity contribution in [2.24, 2.45) is 23.7 Å². The summed E-state index contributed by atoms with van der Waals surface area (Å²) < 4.78 is 5.68. The van der Waals surface area contributed by atoms with Crippen LogP contribution in [0.1, 0.15) is 70.4 Å². The normalized spacial score (nSPS) is 15.3. The number of esters is 1. The van der Waals surface area contributed by atoms with E-state index in [9.17, 15) is 14.4 Å². The summed E-state index contributed by atoms with van der Waals surface area (Å²) in [6, 6.07) is 16.5. The predicted octanol–water partition coefficient (Wildman–Crippen LogP) is 6.10. The summed E-state index contributed by atoms with van der Waals surface area (Å²) in [5.74, 6) is -1.90. The third kappa shape index (κ3) is 5.94. The topological polar surface area (TPSA) is 80.7 Å². The lowest BCUT2D eigenvalue weighted by Gasteiger charge is -2.24. The van der Waals surface area contributed by atoms with E-state index in [0.29, 0.717) is 25.9 Å². The van der Waals surface area contributed by atoms with Crippen LogP contribution in [-0.4, -0.2) is 29.4 Å². The van der Waals surface area contributed by atoms with Crippen molar-refractivity contribution >= 4 is 17.7 Å². The van der Waals surface area contributed by atoms with Crippen molar-refractivity contribution in [1.82, 2.24) is 0 Å². The smallest absolute Gasteiger partial charge is 0.306 e. The van der Waals surface area contributed by atoms with Crippen LogP contribution in [0.3, 0.4) is 0 Å². The number of fused-ring (bicyclic) bond motifs is 3. The summed E-state index contributed by atoms with van der Waals surface area (Å²) in [5.41, 5.74) is 4.77. The van der Waals surface area contributed by atoms with E-state index < -0.39 is 11.9 Å². The van der Waals surface area contributed by atoms with Crippen LogP contribution in [0, 0.1) is 23.7 Å². The molecule has 34 heavy (non-hydrogen) atoms. The molecule has 0 heterocycles. The minimum atomic E-state index is -0.879. The highest BCUT2D eigenvalue weighted by Gasteiger charge is 2.30. The molecule has 0 saturated heterocycles. The van der Waals surface area contributed by atoms with E-state index in [0.717, 1.165) is 0 Å². The lowest BCUT2D eigenvalue weighted by atomic mass is 9.79. The lowest BCUT2D eigenvalue weighted by molar-refractivity contribution is -0.145. The monoisotopic (exact) mass is 464 g/mol. The number of carboxylic acid groups (broad SMARTS) is 1. The molecule has 0 fully saturated rings. The highest BCUT2D eigenvalue weighted by atomic mass is 16.5. The van der Waals surface area contributed by atoms with E-state index in [2.05, 4.69) is 24.3 Å². The van der Waals surface area contributed by atoms with Gasteiger partial charge in [-0.05, 0) is 47.4 Å². The molecule has 182 valence electrons. The maximum atomic E-state index is 12.9. The van der Waals surface area contributed by atoms with E-state index in [4.69, 9.17) is 9.84 Å². The third-order valence-electron chi connectivity index (χ3n) is 7.05. The third-order valence-corrected chi connectivity index (χ3v) is 7.05. The van der Waals surface area contributed by atoms with Crippen LogP contribution in [0.4, 0.5) is 0 Å². The lowest BCUT2D eigenvalue weighted by Crippen LogP contribution is -2.28. The van der Waals surface area contributed by atoms with Gasteiger partial charge in [-0.2, -0.15) is 0 Å². The standard InChI is InChI=1S/C29H36O5/c1-18(2)21(28(31)19(3)16-20(4)29(32)33)14-9-15-27(30)34-17-26-24-12-7-5-10-22(24)23-11-6-8-13-25(23)26/h5-8,10-13,18-21,26H,9,14-17H2,1-4H3,(H,32,33)/t19?,20-,21+/m1/s1. The van der Waals surface area contributed by atoms with Crippen LogP contribution in [0.25, 0.3) is 11.1 Å². The highest BCUT2D eigenvalue weighted by molar-refractivity contribution is 5.84. The molecule has 5 nitrogen and oxygen atoms in total. The van der Waals surface area contributed by atoms with Crippen LogP contribution in [0.2, 0.25) is 0 Å². The molecule has 0 spiro atoms. The van der Waals surface area contributed by atoms with Gasteiger partial charge in [-0.25, -0.2) is 0 Å². The summed E-state index contributed by atoms with van der Waals surface area (Å²) in [6.07, 6.45) is 1.79. The molecule has 3 rings (SSSR count). The zero-order valence-corrected chi connectivity index (χ0v) is 20.6. The molecular weight excluding hydrogens is 428 g/mol. The molecule has 1 unspecified atom stereocenters. The fraction of sp³-hybridized carbons (Fsp3) is 0.483. The number of ether oxygens (including phenoxy) is 1. The first-order valence-corrected chi connectivity index (χ1v) is 12.3. The Kier molecular flexibility index (Phi) is 8.65. The summed E-state index contributed by atoms with van der Waals surface area (Å²) in [5, 5.41) is 9.14. The van der Waals surface area contributed by atoms with E-state index >= 15 is 0 Å². The Balaban J connectivity index is 1.52. The van der Waals surface area contributed by atoms with Gasteiger partial charge in [0.15, 0.2) is 0 Å². The van der Waals surface area contributed by atoms with Crippen molar-refractivity contribution in [3.8, 4) is 11.1 Å². The number of hydrogen-bond acceptors (Lipinski definition) is 4. The number of ketones is 1. The van der Waals surface area contributed by atoms with E-state index in [1.165, 1.54) is 22.3 Å². The maximum Gasteiger partial charge on any atom is 0.306 e. The maximum absolute atomic E-state index is 12.9. The minimum Gasteiger partial charge on any atom is -0.481 e. The first-order chi connectivity index (χ1) is 16.2. The zero-order valence-electron chi connectivity index (χ0n) is 20.6. The molecule has 3 atom stereocenters. The van der Waals surface area contributed by atoms with Crippen molar-refractivity contribution in [1.29, 1.82) is 0 Å². The summed E-state index contributed by atoms with van der Waals surface area (Å²) in [6.45, 7) is 7.76. The van der Waals surface area contributed by atoms with Gasteiger partial charge < -0.3 is 9.84 Å². The van der Waals surface area contributed by atoms with Crippen LogP contribution in [0.5, 0.6) is 0 Å². The molecule has 0 aromatic heterocycles. The molecule has 1 aliphatic rings. The highest BCUT2D eigenvalue weighted by Crippen LogP contribution is 2.44. The Morgan fingerprint density at radius 3 is 1.97 bits per heavy atom. The summed E-state index contributed by atoms with van der Waals surface area (Å²) in [7, 11) is 0. The van der Waals surface area contributed by atoms with Gasteiger partial charge in [0.25, 0.3) is 0 Å². The van der Waals surface area contributed by atoms with Crippen molar-refractivity contribution in [2.45, 2.75) is 59.3 Å². The van der Waals surface area contributed by atoms with Crippen molar-refractivity contribution in [3.63, 3.8) is 0 Å². The molecule has 2 aromatic rings.